The summed E-state index contributed by atoms with van der Waals surface area (Å²) in [7, 11) is 0. The van der Waals surface area contributed by atoms with Crippen LogP contribution in [0.25, 0.3) is 16.7 Å². The number of benzene rings is 2. The third-order valence-corrected chi connectivity index (χ3v) is 5.20. The van der Waals surface area contributed by atoms with E-state index in [0.29, 0.717) is 5.82 Å². The van der Waals surface area contributed by atoms with Gasteiger partial charge in [-0.25, -0.2) is 14.6 Å². The van der Waals surface area contributed by atoms with Gasteiger partial charge in [0.2, 0.25) is 0 Å². The van der Waals surface area contributed by atoms with E-state index in [1.807, 2.05) is 37.3 Å². The van der Waals surface area contributed by atoms with E-state index in [1.54, 1.807) is 13.8 Å². The Labute approximate surface area is 206 Å². The summed E-state index contributed by atoms with van der Waals surface area (Å²) in [4.78, 5) is 41.8. The number of nitrogens with zero attached hydrogens (tertiary/aromatic N) is 3. The summed E-state index contributed by atoms with van der Waals surface area (Å²) >= 11 is 0. The molecule has 0 saturated heterocycles. The lowest BCUT2D eigenvalue weighted by Gasteiger charge is -2.12. The number of para-hydroxylation sites is 1. The quantitative estimate of drug-likeness (QED) is 0.294. The van der Waals surface area contributed by atoms with E-state index in [4.69, 9.17) is 14.2 Å². The number of carbonyl (C=O) groups is 3. The highest BCUT2D eigenvalue weighted by molar-refractivity contribution is 6.07. The Hall–Kier alpha value is -4.73. The smallest absolute Gasteiger partial charge is 0.462 e. The lowest BCUT2D eigenvalue weighted by atomic mass is 10.1. The number of ether oxygens (including phenoxy) is 3. The first-order valence-corrected chi connectivity index (χ1v) is 11.3. The molecule has 1 N–H and O–H groups in total. The monoisotopic (exact) mass is 488 g/mol. The largest absolute Gasteiger partial charge is 0.513 e. The van der Waals surface area contributed by atoms with Crippen LogP contribution in [0, 0.1) is 6.92 Å². The molecule has 0 aliphatic heterocycles. The molecule has 184 valence electrons. The molecule has 2 aromatic heterocycles. The van der Waals surface area contributed by atoms with Crippen LogP contribution in [0.1, 0.15) is 40.1 Å². The van der Waals surface area contributed by atoms with E-state index in [2.05, 4.69) is 15.4 Å². The second-order valence-corrected chi connectivity index (χ2v) is 7.62. The molecule has 0 bridgehead atoms. The zero-order valence-corrected chi connectivity index (χ0v) is 20.0. The first-order chi connectivity index (χ1) is 17.4. The van der Waals surface area contributed by atoms with Gasteiger partial charge in [-0.2, -0.15) is 9.78 Å². The molecule has 2 heterocycles. The molecule has 0 aliphatic carbocycles. The van der Waals surface area contributed by atoms with Crippen LogP contribution < -0.4 is 10.1 Å². The molecular weight excluding hydrogens is 464 g/mol. The number of anilines is 1. The highest BCUT2D eigenvalue weighted by Crippen LogP contribution is 2.25. The van der Waals surface area contributed by atoms with Gasteiger partial charge in [0.1, 0.15) is 11.3 Å². The number of aromatic nitrogens is 3. The molecule has 0 unspecified atom stereocenters. The first kappa shape index (κ1) is 24.4. The van der Waals surface area contributed by atoms with Gasteiger partial charge in [0.15, 0.2) is 11.6 Å². The number of pyridine rings is 1. The van der Waals surface area contributed by atoms with Gasteiger partial charge in [-0.15, -0.1) is 0 Å². The Bertz CT molecular complexity index is 1430. The molecule has 0 aliphatic rings. The summed E-state index contributed by atoms with van der Waals surface area (Å²) in [5, 5.41) is 8.05. The molecule has 0 fully saturated rings. The molecule has 0 saturated carbocycles. The number of hydrogen-bond acceptors (Lipinski definition) is 8. The fourth-order valence-electron chi connectivity index (χ4n) is 3.54. The molecule has 0 atom stereocenters. The maximum absolute atomic E-state index is 13.1. The highest BCUT2D eigenvalue weighted by Gasteiger charge is 2.23. The number of rotatable bonds is 7. The molecule has 4 rings (SSSR count). The van der Waals surface area contributed by atoms with Crippen LogP contribution in [0.2, 0.25) is 0 Å². The van der Waals surface area contributed by atoms with Crippen LogP contribution in [-0.4, -0.2) is 46.0 Å². The molecule has 4 aromatic rings. The number of aryl methyl sites for hydroxylation is 1. The number of nitrogens with one attached hydrogen (secondary N) is 1. The summed E-state index contributed by atoms with van der Waals surface area (Å²) in [5.41, 5.74) is 2.05. The van der Waals surface area contributed by atoms with Gasteiger partial charge in [-0.1, -0.05) is 18.2 Å². The Balaban J connectivity index is 1.67. The van der Waals surface area contributed by atoms with Crippen molar-refractivity contribution in [2.45, 2.75) is 20.8 Å². The second kappa shape index (κ2) is 10.7. The Kier molecular flexibility index (Phi) is 7.24. The summed E-state index contributed by atoms with van der Waals surface area (Å²) in [5.74, 6) is -0.377. The van der Waals surface area contributed by atoms with Gasteiger partial charge in [-0.05, 0) is 62.7 Å². The van der Waals surface area contributed by atoms with Gasteiger partial charge in [0, 0.05) is 10.9 Å². The van der Waals surface area contributed by atoms with Crippen molar-refractivity contribution in [1.29, 1.82) is 0 Å². The maximum atomic E-state index is 13.1. The van der Waals surface area contributed by atoms with Crippen molar-refractivity contribution in [3.05, 3.63) is 77.5 Å². The van der Waals surface area contributed by atoms with Gasteiger partial charge < -0.3 is 19.5 Å². The summed E-state index contributed by atoms with van der Waals surface area (Å²) in [6.07, 6.45) is 0.492. The average molecular weight is 489 g/mol. The zero-order chi connectivity index (χ0) is 25.7. The number of esters is 1. The van der Waals surface area contributed by atoms with E-state index in [9.17, 15) is 14.4 Å². The van der Waals surface area contributed by atoms with Gasteiger partial charge in [0.25, 0.3) is 5.91 Å². The molecule has 10 heteroatoms. The topological polar surface area (TPSA) is 122 Å². The van der Waals surface area contributed by atoms with Crippen LogP contribution in [0.5, 0.6) is 5.75 Å². The molecule has 2 aromatic carbocycles. The van der Waals surface area contributed by atoms with Crippen molar-refractivity contribution >= 4 is 34.8 Å². The van der Waals surface area contributed by atoms with Crippen LogP contribution >= 0.6 is 0 Å². The van der Waals surface area contributed by atoms with Gasteiger partial charge in [0.05, 0.1) is 24.9 Å². The minimum absolute atomic E-state index is 0.0834. The minimum atomic E-state index is -0.837. The molecule has 36 heavy (non-hydrogen) atoms. The normalized spacial score (nSPS) is 10.6. The van der Waals surface area contributed by atoms with Crippen LogP contribution in [0.3, 0.4) is 0 Å². The van der Waals surface area contributed by atoms with Crippen molar-refractivity contribution in [1.82, 2.24) is 14.8 Å². The van der Waals surface area contributed by atoms with Crippen molar-refractivity contribution in [2.75, 3.05) is 18.5 Å². The second-order valence-electron chi connectivity index (χ2n) is 7.62. The minimum Gasteiger partial charge on any atom is -0.462 e. The molecule has 10 nitrogen and oxygen atoms in total. The lowest BCUT2D eigenvalue weighted by Crippen LogP contribution is -2.18. The van der Waals surface area contributed by atoms with Gasteiger partial charge in [-0.3, -0.25) is 4.79 Å². The average Bonchev–Trinajstić information content (AvgIpc) is 3.28. The summed E-state index contributed by atoms with van der Waals surface area (Å²) in [6.45, 7) is 5.64. The molecule has 1 amide bonds. The van der Waals surface area contributed by atoms with Crippen LogP contribution in [0.15, 0.2) is 60.8 Å². The highest BCUT2D eigenvalue weighted by atomic mass is 16.7. The fourth-order valence-corrected chi connectivity index (χ4v) is 3.54. The SMILES string of the molecule is CCOC(=O)Oc1ccc(C(=O)Nc2c(C(=O)OCC)cnn2-c2cc(C)c3ccccc3n2)cc1. The standard InChI is InChI=1S/C26H24N4O6/c1-4-34-25(32)20-15-27-30(22-14-16(3)19-8-6-7-9-21(19)28-22)23(20)29-24(31)17-10-12-18(13-11-17)36-26(33)35-5-2/h6-15H,4-5H2,1-3H3,(H,29,31). The third-order valence-electron chi connectivity index (χ3n) is 5.20. The van der Waals surface area contributed by atoms with Crippen LogP contribution in [0.4, 0.5) is 10.6 Å². The number of fused-ring (bicyclic) bond motifs is 1. The van der Waals surface area contributed by atoms with Crippen molar-refractivity contribution < 1.29 is 28.6 Å². The predicted octanol–water partition coefficient (Wildman–Crippen LogP) is 4.69. The predicted molar refractivity (Wildman–Crippen MR) is 132 cm³/mol. The third kappa shape index (κ3) is 5.17. The number of amides is 1. The fraction of sp³-hybridized carbons (Fsp3) is 0.192. The zero-order valence-electron chi connectivity index (χ0n) is 20.0. The van der Waals surface area contributed by atoms with Crippen molar-refractivity contribution in [3.63, 3.8) is 0 Å². The maximum Gasteiger partial charge on any atom is 0.513 e. The number of carbonyl (C=O) groups excluding carboxylic acids is 3. The summed E-state index contributed by atoms with van der Waals surface area (Å²) in [6, 6.07) is 15.4. The van der Waals surface area contributed by atoms with E-state index in [0.717, 1.165) is 16.5 Å². The number of hydrogen-bond donors (Lipinski definition) is 1. The molecule has 0 radical (unpaired) electrons. The molecular formula is C26H24N4O6. The van der Waals surface area contributed by atoms with E-state index in [-0.39, 0.29) is 35.9 Å². The summed E-state index contributed by atoms with van der Waals surface area (Å²) < 4.78 is 16.3. The van der Waals surface area contributed by atoms with Crippen molar-refractivity contribution in [2.24, 2.45) is 0 Å². The van der Waals surface area contributed by atoms with Crippen LogP contribution in [-0.2, 0) is 9.47 Å². The Morgan fingerprint density at radius 1 is 0.972 bits per heavy atom. The van der Waals surface area contributed by atoms with E-state index < -0.39 is 18.0 Å². The molecule has 0 spiro atoms. The van der Waals surface area contributed by atoms with Gasteiger partial charge >= 0.3 is 12.1 Å². The van der Waals surface area contributed by atoms with E-state index in [1.165, 1.54) is 35.1 Å². The first-order valence-electron chi connectivity index (χ1n) is 11.3. The lowest BCUT2D eigenvalue weighted by molar-refractivity contribution is 0.0527. The van der Waals surface area contributed by atoms with Crippen molar-refractivity contribution in [3.8, 4) is 11.6 Å². The Morgan fingerprint density at radius 3 is 2.42 bits per heavy atom. The Morgan fingerprint density at radius 2 is 1.69 bits per heavy atom. The van der Waals surface area contributed by atoms with E-state index >= 15 is 0 Å².